The maximum atomic E-state index is 12.3. The molecule has 2 rings (SSSR count). The Hall–Kier alpha value is -2.09. The summed E-state index contributed by atoms with van der Waals surface area (Å²) in [6.45, 7) is 0. The predicted octanol–water partition coefficient (Wildman–Crippen LogP) is 2.01. The van der Waals surface area contributed by atoms with Gasteiger partial charge in [0.15, 0.2) is 0 Å². The number of carbonyl (C=O) groups is 2. The molecule has 1 saturated heterocycles. The van der Waals surface area contributed by atoms with Crippen LogP contribution in [0.25, 0.3) is 0 Å². The molecule has 1 fully saturated rings. The number of methoxy groups -OCH3 is 1. The minimum absolute atomic E-state index is 0.0129. The van der Waals surface area contributed by atoms with Crippen LogP contribution in [-0.2, 0) is 4.74 Å². The number of nitrogens with zero attached hydrogens (tertiary/aromatic N) is 1. The number of esters is 1. The van der Waals surface area contributed by atoms with E-state index in [0.717, 1.165) is 30.4 Å². The molecule has 1 aromatic carbocycles. The number of nitrogens with one attached hydrogen (secondary N) is 1. The minimum atomic E-state index is -0.716. The van der Waals surface area contributed by atoms with Crippen LogP contribution in [0.3, 0.4) is 0 Å². The molecule has 1 N–H and O–H groups in total. The van der Waals surface area contributed by atoms with Gasteiger partial charge in [0, 0.05) is 23.7 Å². The molecule has 1 aliphatic rings. The summed E-state index contributed by atoms with van der Waals surface area (Å²) in [7, 11) is 1.18. The highest BCUT2D eigenvalue weighted by molar-refractivity contribution is 7.99. The molecule has 0 atom stereocenters. The zero-order valence-corrected chi connectivity index (χ0v) is 12.9. The summed E-state index contributed by atoms with van der Waals surface area (Å²) in [6.07, 6.45) is 1.74. The third kappa shape index (κ3) is 3.97. The highest BCUT2D eigenvalue weighted by atomic mass is 32.2. The lowest BCUT2D eigenvalue weighted by Crippen LogP contribution is -2.37. The van der Waals surface area contributed by atoms with E-state index in [1.807, 2.05) is 11.8 Å². The molecule has 1 aromatic rings. The van der Waals surface area contributed by atoms with Gasteiger partial charge in [-0.25, -0.2) is 4.79 Å². The molecular weight excluding hydrogens is 308 g/mol. The number of benzene rings is 1. The van der Waals surface area contributed by atoms with Crippen molar-refractivity contribution < 1.29 is 19.2 Å². The Kier molecular flexibility index (Phi) is 5.37. The summed E-state index contributed by atoms with van der Waals surface area (Å²) < 4.78 is 4.56. The molecule has 0 bridgehead atoms. The fourth-order valence-corrected chi connectivity index (χ4v) is 3.30. The number of amides is 1. The van der Waals surface area contributed by atoms with Gasteiger partial charge in [-0.1, -0.05) is 0 Å². The molecule has 118 valence electrons. The van der Waals surface area contributed by atoms with Crippen molar-refractivity contribution >= 4 is 29.3 Å². The van der Waals surface area contributed by atoms with Crippen molar-refractivity contribution in [3.63, 3.8) is 0 Å². The molecule has 0 aromatic heterocycles. The smallest absolute Gasteiger partial charge is 0.338 e. The second kappa shape index (κ2) is 7.26. The van der Waals surface area contributed by atoms with Crippen LogP contribution in [0, 0.1) is 10.1 Å². The Balaban J connectivity index is 2.24. The van der Waals surface area contributed by atoms with Crippen LogP contribution in [0.2, 0.25) is 0 Å². The van der Waals surface area contributed by atoms with Crippen LogP contribution in [0.15, 0.2) is 18.2 Å². The first-order valence-corrected chi connectivity index (χ1v) is 7.93. The largest absolute Gasteiger partial charge is 0.465 e. The van der Waals surface area contributed by atoms with E-state index >= 15 is 0 Å². The van der Waals surface area contributed by atoms with Crippen molar-refractivity contribution in [2.24, 2.45) is 0 Å². The molecule has 1 amide bonds. The van der Waals surface area contributed by atoms with E-state index in [2.05, 4.69) is 10.1 Å². The van der Waals surface area contributed by atoms with Crippen molar-refractivity contribution in [1.29, 1.82) is 0 Å². The SMILES string of the molecule is COC(=O)c1cc(C(=O)NC2CCSCC2)cc([N+](=O)[O-])c1. The molecule has 0 unspecified atom stereocenters. The number of ether oxygens (including phenoxy) is 1. The van der Waals surface area contributed by atoms with Crippen LogP contribution < -0.4 is 5.32 Å². The molecule has 0 radical (unpaired) electrons. The highest BCUT2D eigenvalue weighted by Crippen LogP contribution is 2.20. The first kappa shape index (κ1) is 16.3. The van der Waals surface area contributed by atoms with E-state index < -0.39 is 16.8 Å². The van der Waals surface area contributed by atoms with Crippen molar-refractivity contribution in [3.8, 4) is 0 Å². The van der Waals surface area contributed by atoms with Gasteiger partial charge in [-0.2, -0.15) is 11.8 Å². The molecule has 8 heteroatoms. The van der Waals surface area contributed by atoms with E-state index in [-0.39, 0.29) is 22.9 Å². The van der Waals surface area contributed by atoms with Crippen molar-refractivity contribution in [2.75, 3.05) is 18.6 Å². The maximum absolute atomic E-state index is 12.3. The maximum Gasteiger partial charge on any atom is 0.338 e. The fraction of sp³-hybridized carbons (Fsp3) is 0.429. The van der Waals surface area contributed by atoms with E-state index in [1.54, 1.807) is 0 Å². The number of nitro benzene ring substituents is 1. The van der Waals surface area contributed by atoms with Crippen molar-refractivity contribution in [1.82, 2.24) is 5.32 Å². The van der Waals surface area contributed by atoms with Gasteiger partial charge in [-0.05, 0) is 30.4 Å². The van der Waals surface area contributed by atoms with Crippen LogP contribution in [0.4, 0.5) is 5.69 Å². The monoisotopic (exact) mass is 324 g/mol. The van der Waals surface area contributed by atoms with Crippen molar-refractivity contribution in [2.45, 2.75) is 18.9 Å². The van der Waals surface area contributed by atoms with Gasteiger partial charge >= 0.3 is 5.97 Å². The number of carbonyl (C=O) groups excluding carboxylic acids is 2. The third-order valence-corrected chi connectivity index (χ3v) is 4.42. The zero-order chi connectivity index (χ0) is 16.1. The molecule has 0 saturated carbocycles. The number of rotatable bonds is 4. The molecule has 1 aliphatic heterocycles. The number of nitro groups is 1. The second-order valence-electron chi connectivity index (χ2n) is 4.88. The predicted molar refractivity (Wildman–Crippen MR) is 82.2 cm³/mol. The Morgan fingerprint density at radius 2 is 1.91 bits per heavy atom. The number of thioether (sulfide) groups is 1. The minimum Gasteiger partial charge on any atom is -0.465 e. The van der Waals surface area contributed by atoms with Gasteiger partial charge in [0.05, 0.1) is 17.6 Å². The van der Waals surface area contributed by atoms with Gasteiger partial charge in [0.25, 0.3) is 11.6 Å². The van der Waals surface area contributed by atoms with Crippen LogP contribution in [0.5, 0.6) is 0 Å². The summed E-state index contributed by atoms with van der Waals surface area (Å²) in [4.78, 5) is 34.1. The van der Waals surface area contributed by atoms with Gasteiger partial charge < -0.3 is 10.1 Å². The van der Waals surface area contributed by atoms with Gasteiger partial charge in [-0.3, -0.25) is 14.9 Å². The number of non-ortho nitro benzene ring substituents is 1. The van der Waals surface area contributed by atoms with Gasteiger partial charge in [-0.15, -0.1) is 0 Å². The summed E-state index contributed by atoms with van der Waals surface area (Å²) in [5, 5.41) is 13.8. The zero-order valence-electron chi connectivity index (χ0n) is 12.0. The van der Waals surface area contributed by atoms with Gasteiger partial charge in [0.2, 0.25) is 0 Å². The topological polar surface area (TPSA) is 98.5 Å². The lowest BCUT2D eigenvalue weighted by molar-refractivity contribution is -0.384. The Morgan fingerprint density at radius 1 is 1.27 bits per heavy atom. The summed E-state index contributed by atoms with van der Waals surface area (Å²) in [6, 6.07) is 3.64. The first-order valence-electron chi connectivity index (χ1n) is 6.77. The normalized spacial score (nSPS) is 15.1. The van der Waals surface area contributed by atoms with E-state index in [4.69, 9.17) is 0 Å². The summed E-state index contributed by atoms with van der Waals surface area (Å²) in [5.74, 6) is 0.832. The third-order valence-electron chi connectivity index (χ3n) is 3.37. The molecule has 22 heavy (non-hydrogen) atoms. The number of hydrogen-bond acceptors (Lipinski definition) is 6. The summed E-state index contributed by atoms with van der Waals surface area (Å²) >= 11 is 1.84. The van der Waals surface area contributed by atoms with E-state index in [9.17, 15) is 19.7 Å². The molecule has 0 aliphatic carbocycles. The van der Waals surface area contributed by atoms with Crippen LogP contribution in [0.1, 0.15) is 33.6 Å². The summed E-state index contributed by atoms with van der Waals surface area (Å²) in [5.41, 5.74) is -0.235. The highest BCUT2D eigenvalue weighted by Gasteiger charge is 2.21. The molecule has 0 spiro atoms. The molecule has 7 nitrogen and oxygen atoms in total. The average Bonchev–Trinajstić information content (AvgIpc) is 2.54. The van der Waals surface area contributed by atoms with Crippen LogP contribution in [-0.4, -0.2) is 41.5 Å². The standard InChI is InChI=1S/C14H16N2O5S/c1-21-14(18)10-6-9(7-12(8-10)16(19)20)13(17)15-11-2-4-22-5-3-11/h6-8,11H,2-5H2,1H3,(H,15,17). The Bertz CT molecular complexity index is 599. The quantitative estimate of drug-likeness (QED) is 0.517. The molecular formula is C14H16N2O5S. The lowest BCUT2D eigenvalue weighted by Gasteiger charge is -2.22. The lowest BCUT2D eigenvalue weighted by atomic mass is 10.1. The van der Waals surface area contributed by atoms with Crippen LogP contribution >= 0.6 is 11.8 Å². The Labute approximate surface area is 131 Å². The average molecular weight is 324 g/mol. The molecule has 1 heterocycles. The van der Waals surface area contributed by atoms with E-state index in [1.165, 1.54) is 19.2 Å². The van der Waals surface area contributed by atoms with E-state index in [0.29, 0.717) is 0 Å². The first-order chi connectivity index (χ1) is 10.5. The van der Waals surface area contributed by atoms with Gasteiger partial charge in [0.1, 0.15) is 0 Å². The fourth-order valence-electron chi connectivity index (χ4n) is 2.19. The second-order valence-corrected chi connectivity index (χ2v) is 6.10. The Morgan fingerprint density at radius 3 is 2.50 bits per heavy atom. The number of hydrogen-bond donors (Lipinski definition) is 1. The van der Waals surface area contributed by atoms with Crippen molar-refractivity contribution in [3.05, 3.63) is 39.4 Å².